The largest absolute Gasteiger partial charge is 0.392 e. The second kappa shape index (κ2) is 2.25. The lowest BCUT2D eigenvalue weighted by Gasteiger charge is -2.40. The van der Waals surface area contributed by atoms with Crippen LogP contribution in [0.15, 0.2) is 0 Å². The van der Waals surface area contributed by atoms with Crippen LogP contribution < -0.4 is 0 Å². The zero-order chi connectivity index (χ0) is 8.18. The summed E-state index contributed by atoms with van der Waals surface area (Å²) in [6.07, 6.45) is 9.62. The molecule has 0 radical (unpaired) electrons. The summed E-state index contributed by atoms with van der Waals surface area (Å²) in [4.78, 5) is 0. The summed E-state index contributed by atoms with van der Waals surface area (Å²) in [5.74, 6) is 1.59. The van der Waals surface area contributed by atoms with E-state index in [0.29, 0.717) is 11.3 Å². The van der Waals surface area contributed by atoms with E-state index in [9.17, 15) is 5.11 Å². The minimum atomic E-state index is 0.0859. The Morgan fingerprint density at radius 1 is 1.08 bits per heavy atom. The fourth-order valence-corrected chi connectivity index (χ4v) is 4.25. The third-order valence-corrected chi connectivity index (χ3v) is 4.86. The molecule has 3 saturated carbocycles. The summed E-state index contributed by atoms with van der Waals surface area (Å²) in [7, 11) is 0. The predicted octanol–water partition coefficient (Wildman–Crippen LogP) is 2.34. The zero-order valence-corrected chi connectivity index (χ0v) is 7.63. The quantitative estimate of drug-likeness (QED) is 0.585. The number of aliphatic hydroxyl groups is 1. The number of rotatable bonds is 0. The van der Waals surface area contributed by atoms with Gasteiger partial charge in [0.1, 0.15) is 0 Å². The monoisotopic (exact) mass is 166 g/mol. The fraction of sp³-hybridized carbons (Fsp3) is 1.00. The molecule has 1 spiro atoms. The van der Waals surface area contributed by atoms with Gasteiger partial charge in [-0.1, -0.05) is 12.8 Å². The molecule has 3 fully saturated rings. The van der Waals surface area contributed by atoms with Crippen molar-refractivity contribution in [2.75, 3.05) is 0 Å². The normalized spacial score (nSPS) is 57.2. The molecule has 0 amide bonds. The van der Waals surface area contributed by atoms with Crippen molar-refractivity contribution < 1.29 is 5.11 Å². The highest BCUT2D eigenvalue weighted by Crippen LogP contribution is 2.63. The molecule has 0 aromatic heterocycles. The molecule has 0 saturated heterocycles. The fourth-order valence-electron chi connectivity index (χ4n) is 4.25. The molecule has 4 atom stereocenters. The van der Waals surface area contributed by atoms with Crippen LogP contribution in [0, 0.1) is 17.3 Å². The lowest BCUT2D eigenvalue weighted by molar-refractivity contribution is 0.0109. The molecular weight excluding hydrogens is 148 g/mol. The predicted molar refractivity (Wildman–Crippen MR) is 47.7 cm³/mol. The third kappa shape index (κ3) is 0.693. The minimum absolute atomic E-state index is 0.0859. The molecule has 3 aliphatic rings. The van der Waals surface area contributed by atoms with Crippen molar-refractivity contribution in [1.82, 2.24) is 0 Å². The van der Waals surface area contributed by atoms with E-state index >= 15 is 0 Å². The molecule has 0 heterocycles. The first-order valence-corrected chi connectivity index (χ1v) is 5.51. The Balaban J connectivity index is 1.95. The average Bonchev–Trinajstić information content (AvgIpc) is 2.56. The molecule has 0 aromatic rings. The van der Waals surface area contributed by atoms with E-state index in [1.807, 2.05) is 0 Å². The molecular formula is C11H18O. The molecule has 12 heavy (non-hydrogen) atoms. The highest BCUT2D eigenvalue weighted by atomic mass is 16.3. The molecule has 0 aromatic carbocycles. The molecule has 2 bridgehead atoms. The minimum Gasteiger partial charge on any atom is -0.392 e. The molecule has 3 rings (SSSR count). The van der Waals surface area contributed by atoms with Crippen molar-refractivity contribution in [2.24, 2.45) is 17.3 Å². The van der Waals surface area contributed by atoms with Crippen molar-refractivity contribution >= 4 is 0 Å². The van der Waals surface area contributed by atoms with Crippen LogP contribution in [-0.2, 0) is 0 Å². The number of aliphatic hydroxyl groups excluding tert-OH is 1. The second-order valence-corrected chi connectivity index (χ2v) is 5.16. The van der Waals surface area contributed by atoms with Gasteiger partial charge in [-0.2, -0.15) is 0 Å². The summed E-state index contributed by atoms with van der Waals surface area (Å²) < 4.78 is 0. The average molecular weight is 166 g/mol. The Morgan fingerprint density at radius 2 is 2.00 bits per heavy atom. The van der Waals surface area contributed by atoms with E-state index < -0.39 is 0 Å². The van der Waals surface area contributed by atoms with E-state index in [2.05, 4.69) is 0 Å². The molecule has 68 valence electrons. The Hall–Kier alpha value is -0.0400. The van der Waals surface area contributed by atoms with Crippen molar-refractivity contribution in [3.05, 3.63) is 0 Å². The standard InChI is InChI=1S/C11H18O/c12-10-8-4-6-11(10)5-2-1-3-9(11)7-8/h8-10,12H,1-7H2/t8-,9+,10+,11+/m0/s1. The van der Waals surface area contributed by atoms with Gasteiger partial charge >= 0.3 is 0 Å². The van der Waals surface area contributed by atoms with E-state index in [-0.39, 0.29) is 6.10 Å². The number of fused-ring (bicyclic) bond motifs is 1. The summed E-state index contributed by atoms with van der Waals surface area (Å²) in [5, 5.41) is 10.1. The van der Waals surface area contributed by atoms with Gasteiger partial charge in [0.05, 0.1) is 6.10 Å². The van der Waals surface area contributed by atoms with Crippen LogP contribution in [0.2, 0.25) is 0 Å². The van der Waals surface area contributed by atoms with E-state index in [0.717, 1.165) is 5.92 Å². The Morgan fingerprint density at radius 3 is 2.75 bits per heavy atom. The first-order chi connectivity index (χ1) is 5.83. The van der Waals surface area contributed by atoms with Gasteiger partial charge in [-0.05, 0) is 49.4 Å². The van der Waals surface area contributed by atoms with Gasteiger partial charge < -0.3 is 5.11 Å². The summed E-state index contributed by atoms with van der Waals surface area (Å²) in [6, 6.07) is 0. The summed E-state index contributed by atoms with van der Waals surface area (Å²) in [5.41, 5.74) is 0.420. The molecule has 0 aliphatic heterocycles. The van der Waals surface area contributed by atoms with Crippen LogP contribution in [0.5, 0.6) is 0 Å². The lowest BCUT2D eigenvalue weighted by atomic mass is 9.66. The molecule has 1 nitrogen and oxygen atoms in total. The van der Waals surface area contributed by atoms with Gasteiger partial charge in [-0.15, -0.1) is 0 Å². The Kier molecular flexibility index (Phi) is 1.39. The maximum absolute atomic E-state index is 10.1. The van der Waals surface area contributed by atoms with E-state index in [1.54, 1.807) is 0 Å². The van der Waals surface area contributed by atoms with Crippen LogP contribution in [0.25, 0.3) is 0 Å². The SMILES string of the molecule is O[C@@H]1[C@H]2CC[C@@]13CCCC[C@@H]3C2. The molecule has 1 N–H and O–H groups in total. The third-order valence-electron chi connectivity index (χ3n) is 4.86. The van der Waals surface area contributed by atoms with Crippen LogP contribution in [0.4, 0.5) is 0 Å². The van der Waals surface area contributed by atoms with Gasteiger partial charge in [-0.3, -0.25) is 0 Å². The van der Waals surface area contributed by atoms with Gasteiger partial charge in [0.2, 0.25) is 0 Å². The van der Waals surface area contributed by atoms with Crippen molar-refractivity contribution in [3.63, 3.8) is 0 Å². The molecule has 3 aliphatic carbocycles. The van der Waals surface area contributed by atoms with E-state index in [1.165, 1.54) is 44.9 Å². The lowest BCUT2D eigenvalue weighted by Crippen LogP contribution is -2.35. The second-order valence-electron chi connectivity index (χ2n) is 5.16. The van der Waals surface area contributed by atoms with Crippen LogP contribution in [0.1, 0.15) is 44.9 Å². The smallest absolute Gasteiger partial charge is 0.0627 e. The Labute approximate surface area is 74.2 Å². The highest BCUT2D eigenvalue weighted by Gasteiger charge is 2.58. The molecule has 0 unspecified atom stereocenters. The van der Waals surface area contributed by atoms with E-state index in [4.69, 9.17) is 0 Å². The van der Waals surface area contributed by atoms with Crippen LogP contribution in [-0.4, -0.2) is 11.2 Å². The topological polar surface area (TPSA) is 20.2 Å². The highest BCUT2D eigenvalue weighted by molar-refractivity contribution is 5.08. The summed E-state index contributed by atoms with van der Waals surface area (Å²) in [6.45, 7) is 0. The van der Waals surface area contributed by atoms with Crippen LogP contribution in [0.3, 0.4) is 0 Å². The number of hydrogen-bond donors (Lipinski definition) is 1. The van der Waals surface area contributed by atoms with Crippen molar-refractivity contribution in [1.29, 1.82) is 0 Å². The summed E-state index contributed by atoms with van der Waals surface area (Å²) >= 11 is 0. The van der Waals surface area contributed by atoms with Crippen molar-refractivity contribution in [3.8, 4) is 0 Å². The maximum atomic E-state index is 10.1. The van der Waals surface area contributed by atoms with Gasteiger partial charge in [-0.25, -0.2) is 0 Å². The van der Waals surface area contributed by atoms with Gasteiger partial charge in [0.25, 0.3) is 0 Å². The Bertz CT molecular complexity index is 201. The zero-order valence-electron chi connectivity index (χ0n) is 7.63. The molecule has 1 heteroatoms. The first-order valence-electron chi connectivity index (χ1n) is 5.51. The van der Waals surface area contributed by atoms with Gasteiger partial charge in [0.15, 0.2) is 0 Å². The maximum Gasteiger partial charge on any atom is 0.0627 e. The first kappa shape index (κ1) is 7.37. The van der Waals surface area contributed by atoms with Crippen LogP contribution >= 0.6 is 0 Å². The van der Waals surface area contributed by atoms with Gasteiger partial charge in [0, 0.05) is 0 Å². The number of hydrogen-bond acceptors (Lipinski definition) is 1. The van der Waals surface area contributed by atoms with Crippen molar-refractivity contribution in [2.45, 2.75) is 51.0 Å².